The predicted octanol–water partition coefficient (Wildman–Crippen LogP) is 3.80. The number of ether oxygens (including phenoxy) is 1. The summed E-state index contributed by atoms with van der Waals surface area (Å²) in [6, 6.07) is 8.45. The fourth-order valence-corrected chi connectivity index (χ4v) is 4.11. The summed E-state index contributed by atoms with van der Waals surface area (Å²) in [4.78, 5) is 21.2. The Bertz CT molecular complexity index is 857. The molecule has 0 saturated carbocycles. The molecule has 0 radical (unpaired) electrons. The van der Waals surface area contributed by atoms with E-state index >= 15 is 0 Å². The molecule has 150 valence electrons. The third-order valence-electron chi connectivity index (χ3n) is 5.36. The van der Waals surface area contributed by atoms with E-state index in [1.807, 2.05) is 56.9 Å². The topological polar surface area (TPSA) is 71.7 Å². The second kappa shape index (κ2) is 7.20. The first-order valence-corrected chi connectivity index (χ1v) is 9.94. The second-order valence-corrected chi connectivity index (χ2v) is 8.69. The first kappa shape index (κ1) is 18.9. The highest BCUT2D eigenvalue weighted by Crippen LogP contribution is 2.38. The molecule has 2 aromatic heterocycles. The normalized spacial score (nSPS) is 22.9. The highest BCUT2D eigenvalue weighted by Gasteiger charge is 2.41. The number of amides is 1. The third-order valence-corrected chi connectivity index (χ3v) is 5.36. The average molecular weight is 384 g/mol. The molecule has 4 rings (SSSR count). The molecule has 0 bridgehead atoms. The Balaban J connectivity index is 1.44. The van der Waals surface area contributed by atoms with E-state index in [1.54, 1.807) is 0 Å². The zero-order valence-corrected chi connectivity index (χ0v) is 17.0. The number of fused-ring (bicyclic) bond motifs is 1. The van der Waals surface area contributed by atoms with E-state index < -0.39 is 5.60 Å². The zero-order valence-electron chi connectivity index (χ0n) is 17.0. The molecule has 7 nitrogen and oxygen atoms in total. The van der Waals surface area contributed by atoms with Crippen LogP contribution >= 0.6 is 0 Å². The van der Waals surface area contributed by atoms with Crippen LogP contribution < -0.4 is 0 Å². The standard InChI is InChI=1S/C21H28N4O3/c1-14-6-5-7-16(22-14)19-12-17(23-28-19)18-9-8-15-13-24(10-11-25(15)18)20(26)27-21(2,3)4/h5-7,12,15,18H,8-11,13H2,1-4H3/t15-,18+/m0/s1. The van der Waals surface area contributed by atoms with Gasteiger partial charge in [-0.3, -0.25) is 4.90 Å². The minimum atomic E-state index is -0.465. The molecule has 4 heterocycles. The van der Waals surface area contributed by atoms with Gasteiger partial charge in [0.05, 0.1) is 6.04 Å². The molecule has 0 N–H and O–H groups in total. The number of rotatable bonds is 2. The van der Waals surface area contributed by atoms with Crippen molar-refractivity contribution in [3.63, 3.8) is 0 Å². The van der Waals surface area contributed by atoms with Gasteiger partial charge in [0.1, 0.15) is 17.0 Å². The molecule has 0 aromatic carbocycles. The highest BCUT2D eigenvalue weighted by molar-refractivity contribution is 5.68. The smallest absolute Gasteiger partial charge is 0.410 e. The van der Waals surface area contributed by atoms with Crippen LogP contribution in [0.4, 0.5) is 4.79 Å². The van der Waals surface area contributed by atoms with Crippen molar-refractivity contribution in [3.05, 3.63) is 35.7 Å². The quantitative estimate of drug-likeness (QED) is 0.784. The lowest BCUT2D eigenvalue weighted by Gasteiger charge is -2.39. The van der Waals surface area contributed by atoms with Gasteiger partial charge < -0.3 is 14.2 Å². The van der Waals surface area contributed by atoms with Gasteiger partial charge in [0.2, 0.25) is 0 Å². The molecule has 0 spiro atoms. The van der Waals surface area contributed by atoms with Crippen molar-refractivity contribution in [2.45, 2.75) is 58.2 Å². The maximum absolute atomic E-state index is 12.4. The summed E-state index contributed by atoms with van der Waals surface area (Å²) in [6.45, 7) is 9.86. The van der Waals surface area contributed by atoms with Crippen LogP contribution in [0.3, 0.4) is 0 Å². The third kappa shape index (κ3) is 3.90. The molecule has 7 heteroatoms. The number of aromatic nitrogens is 2. The molecule has 28 heavy (non-hydrogen) atoms. The van der Waals surface area contributed by atoms with Gasteiger partial charge in [-0.2, -0.15) is 0 Å². The van der Waals surface area contributed by atoms with Crippen LogP contribution in [-0.4, -0.2) is 57.3 Å². The van der Waals surface area contributed by atoms with Gasteiger partial charge in [-0.15, -0.1) is 0 Å². The van der Waals surface area contributed by atoms with Gasteiger partial charge in [0, 0.05) is 37.4 Å². The number of piperazine rings is 1. The second-order valence-electron chi connectivity index (χ2n) is 8.69. The summed E-state index contributed by atoms with van der Waals surface area (Å²) in [6.07, 6.45) is 1.83. The van der Waals surface area contributed by atoms with Gasteiger partial charge in [-0.05, 0) is 52.7 Å². The maximum atomic E-state index is 12.4. The van der Waals surface area contributed by atoms with Crippen molar-refractivity contribution in [1.29, 1.82) is 0 Å². The van der Waals surface area contributed by atoms with E-state index in [-0.39, 0.29) is 12.1 Å². The van der Waals surface area contributed by atoms with Crippen molar-refractivity contribution in [2.24, 2.45) is 0 Å². The van der Waals surface area contributed by atoms with E-state index in [9.17, 15) is 4.79 Å². The van der Waals surface area contributed by atoms with E-state index in [2.05, 4.69) is 15.0 Å². The fourth-order valence-electron chi connectivity index (χ4n) is 4.11. The van der Waals surface area contributed by atoms with Crippen LogP contribution in [0.1, 0.15) is 51.0 Å². The Kier molecular flexibility index (Phi) is 4.87. The summed E-state index contributed by atoms with van der Waals surface area (Å²) >= 11 is 0. The minimum Gasteiger partial charge on any atom is -0.444 e. The van der Waals surface area contributed by atoms with Crippen LogP contribution in [0.5, 0.6) is 0 Å². The van der Waals surface area contributed by atoms with E-state index in [0.717, 1.165) is 36.5 Å². The van der Waals surface area contributed by atoms with Gasteiger partial charge in [-0.25, -0.2) is 9.78 Å². The number of aryl methyl sites for hydroxylation is 1. The molecule has 2 aliphatic heterocycles. The summed E-state index contributed by atoms with van der Waals surface area (Å²) < 4.78 is 11.1. The van der Waals surface area contributed by atoms with Crippen molar-refractivity contribution in [2.75, 3.05) is 19.6 Å². The number of carbonyl (C=O) groups is 1. The number of carbonyl (C=O) groups excluding carboxylic acids is 1. The van der Waals surface area contributed by atoms with E-state index in [0.29, 0.717) is 24.9 Å². The van der Waals surface area contributed by atoms with Crippen molar-refractivity contribution < 1.29 is 14.1 Å². The zero-order chi connectivity index (χ0) is 19.9. The molecule has 0 unspecified atom stereocenters. The molecular formula is C21H28N4O3. The monoisotopic (exact) mass is 384 g/mol. The lowest BCUT2D eigenvalue weighted by Crippen LogP contribution is -2.53. The Morgan fingerprint density at radius 2 is 2.07 bits per heavy atom. The molecule has 2 atom stereocenters. The number of hydrogen-bond acceptors (Lipinski definition) is 6. The maximum Gasteiger partial charge on any atom is 0.410 e. The number of hydrogen-bond donors (Lipinski definition) is 0. The molecule has 2 aromatic rings. The molecular weight excluding hydrogens is 356 g/mol. The fraction of sp³-hybridized carbons (Fsp3) is 0.571. The molecule has 2 aliphatic rings. The Hall–Kier alpha value is -2.41. The Morgan fingerprint density at radius 1 is 1.25 bits per heavy atom. The summed E-state index contributed by atoms with van der Waals surface area (Å²) in [5.74, 6) is 0.703. The summed E-state index contributed by atoms with van der Waals surface area (Å²) in [5.41, 5.74) is 2.25. The average Bonchev–Trinajstić information content (AvgIpc) is 3.26. The van der Waals surface area contributed by atoms with Gasteiger partial charge in [0.15, 0.2) is 5.76 Å². The molecule has 2 saturated heterocycles. The highest BCUT2D eigenvalue weighted by atomic mass is 16.6. The first-order valence-electron chi connectivity index (χ1n) is 9.94. The van der Waals surface area contributed by atoms with Crippen LogP contribution in [0.2, 0.25) is 0 Å². The van der Waals surface area contributed by atoms with E-state index in [1.165, 1.54) is 0 Å². The Labute approximate surface area is 165 Å². The summed E-state index contributed by atoms with van der Waals surface area (Å²) in [5, 5.41) is 4.34. The SMILES string of the molecule is Cc1cccc(-c2cc([C@H]3CC[C@H]4CN(C(=O)OC(C)(C)C)CCN43)no2)n1. The molecule has 1 amide bonds. The Morgan fingerprint density at radius 3 is 2.82 bits per heavy atom. The van der Waals surface area contributed by atoms with Crippen molar-refractivity contribution >= 4 is 6.09 Å². The summed E-state index contributed by atoms with van der Waals surface area (Å²) in [7, 11) is 0. The largest absolute Gasteiger partial charge is 0.444 e. The van der Waals surface area contributed by atoms with Crippen LogP contribution in [0, 0.1) is 6.92 Å². The van der Waals surface area contributed by atoms with Crippen LogP contribution in [0.15, 0.2) is 28.8 Å². The number of pyridine rings is 1. The molecule has 0 aliphatic carbocycles. The van der Waals surface area contributed by atoms with Gasteiger partial charge >= 0.3 is 6.09 Å². The van der Waals surface area contributed by atoms with Crippen molar-refractivity contribution in [1.82, 2.24) is 19.9 Å². The van der Waals surface area contributed by atoms with E-state index in [4.69, 9.17) is 9.26 Å². The van der Waals surface area contributed by atoms with Gasteiger partial charge in [-0.1, -0.05) is 11.2 Å². The van der Waals surface area contributed by atoms with Gasteiger partial charge in [0.25, 0.3) is 0 Å². The lowest BCUT2D eigenvalue weighted by atomic mass is 10.1. The predicted molar refractivity (Wildman–Crippen MR) is 105 cm³/mol. The first-order chi connectivity index (χ1) is 13.3. The molecule has 2 fully saturated rings. The minimum absolute atomic E-state index is 0.218. The van der Waals surface area contributed by atoms with Crippen LogP contribution in [0.25, 0.3) is 11.5 Å². The lowest BCUT2D eigenvalue weighted by molar-refractivity contribution is 0.00464. The number of nitrogens with zero attached hydrogens (tertiary/aromatic N) is 4. The van der Waals surface area contributed by atoms with Crippen molar-refractivity contribution in [3.8, 4) is 11.5 Å². The van der Waals surface area contributed by atoms with Crippen LogP contribution in [-0.2, 0) is 4.74 Å².